The average Bonchev–Trinajstić information content (AvgIpc) is 3.35. The second-order valence-electron chi connectivity index (χ2n) is 8.28. The largest absolute Gasteiger partial charge is 0.495 e. The van der Waals surface area contributed by atoms with Crippen LogP contribution in [-0.2, 0) is 10.0 Å². The van der Waals surface area contributed by atoms with Crippen LogP contribution in [0.15, 0.2) is 46.8 Å². The number of ether oxygens (including phenoxy) is 1. The van der Waals surface area contributed by atoms with E-state index in [1.807, 2.05) is 4.90 Å². The summed E-state index contributed by atoms with van der Waals surface area (Å²) in [6.45, 7) is 0.568. The number of thiazole rings is 1. The number of piperidine rings is 1. The Hall–Kier alpha value is -3.39. The number of hydrogen-bond acceptors (Lipinski definition) is 7. The van der Waals surface area contributed by atoms with E-state index < -0.39 is 39.5 Å². The third-order valence-corrected chi connectivity index (χ3v) is 8.25. The fraction of sp³-hybridized carbons (Fsp3) is 0.304. The maximum Gasteiger partial charge on any atom is 0.391 e. The molecule has 2 heterocycles. The number of carboxylic acids is 1. The van der Waals surface area contributed by atoms with E-state index in [2.05, 4.69) is 9.71 Å². The van der Waals surface area contributed by atoms with Crippen LogP contribution in [0.2, 0.25) is 0 Å². The number of aromatic carboxylic acids is 1. The molecule has 0 bridgehead atoms. The molecule has 1 saturated heterocycles. The molecule has 8 nitrogen and oxygen atoms in total. The summed E-state index contributed by atoms with van der Waals surface area (Å²) in [6, 6.07) is 8.48. The summed E-state index contributed by atoms with van der Waals surface area (Å²) in [5, 5.41) is 10.4. The number of benzene rings is 2. The number of nitrogens with one attached hydrogen (secondary N) is 1. The number of alkyl halides is 3. The van der Waals surface area contributed by atoms with Crippen LogP contribution in [0.1, 0.15) is 23.2 Å². The fourth-order valence-electron chi connectivity index (χ4n) is 3.96. The Balaban J connectivity index is 1.49. The second-order valence-corrected chi connectivity index (χ2v) is 10.8. The van der Waals surface area contributed by atoms with Gasteiger partial charge in [0.1, 0.15) is 16.6 Å². The lowest BCUT2D eigenvalue weighted by atomic mass is 9.96. The number of methoxy groups -OCH3 is 1. The Morgan fingerprint density at radius 2 is 1.84 bits per heavy atom. The van der Waals surface area contributed by atoms with Crippen LogP contribution in [-0.4, -0.2) is 50.9 Å². The second kappa shape index (κ2) is 10.2. The fourth-order valence-corrected chi connectivity index (χ4v) is 6.12. The molecule has 1 aromatic heterocycles. The maximum atomic E-state index is 14.1. The number of rotatable bonds is 7. The van der Waals surface area contributed by atoms with Crippen molar-refractivity contribution in [3.63, 3.8) is 0 Å². The van der Waals surface area contributed by atoms with Gasteiger partial charge in [0.2, 0.25) is 0 Å². The van der Waals surface area contributed by atoms with Crippen molar-refractivity contribution in [2.24, 2.45) is 5.92 Å². The number of halogens is 4. The first-order valence-electron chi connectivity index (χ1n) is 10.9. The third kappa shape index (κ3) is 5.80. The molecule has 2 aromatic carbocycles. The highest BCUT2D eigenvalue weighted by atomic mass is 32.2. The molecule has 2 N–H and O–H groups in total. The van der Waals surface area contributed by atoms with E-state index in [-0.39, 0.29) is 42.4 Å². The molecule has 4 rings (SSSR count). The smallest absolute Gasteiger partial charge is 0.391 e. The summed E-state index contributed by atoms with van der Waals surface area (Å²) in [7, 11) is -3.09. The molecule has 0 saturated carbocycles. The van der Waals surface area contributed by atoms with Crippen LogP contribution in [0.4, 0.5) is 28.9 Å². The zero-order valence-corrected chi connectivity index (χ0v) is 20.9. The molecule has 1 aliphatic heterocycles. The normalized spacial score (nSPS) is 15.0. The van der Waals surface area contributed by atoms with Crippen molar-refractivity contribution in [2.75, 3.05) is 29.8 Å². The standard InChI is InChI=1S/C23H21F4N3O5S2/c1-35-19-10-16(22(31)32)17(24)11-18(19)29-37(33,34)20-12-36-21(28-20)13-2-4-15(5-3-13)30-8-6-14(7-9-30)23(25,26)27/h2-5,10-12,14,29H,6-9H2,1H3,(H,31,32). The number of sulfonamides is 1. The summed E-state index contributed by atoms with van der Waals surface area (Å²) >= 11 is 1.05. The van der Waals surface area contributed by atoms with Gasteiger partial charge < -0.3 is 14.7 Å². The van der Waals surface area contributed by atoms with Crippen LogP contribution in [0.25, 0.3) is 10.6 Å². The SMILES string of the molecule is COc1cc(C(=O)O)c(F)cc1NS(=O)(=O)c1csc(-c2ccc(N3CCC(C(F)(F)F)CC3)cc2)n1. The van der Waals surface area contributed by atoms with Crippen molar-refractivity contribution in [1.82, 2.24) is 4.98 Å². The van der Waals surface area contributed by atoms with E-state index >= 15 is 0 Å². The minimum Gasteiger partial charge on any atom is -0.495 e. The van der Waals surface area contributed by atoms with Gasteiger partial charge in [-0.15, -0.1) is 11.3 Å². The van der Waals surface area contributed by atoms with Crippen molar-refractivity contribution in [3.05, 3.63) is 53.2 Å². The van der Waals surface area contributed by atoms with Crippen LogP contribution in [0.5, 0.6) is 5.75 Å². The third-order valence-electron chi connectivity index (χ3n) is 5.96. The molecule has 14 heteroatoms. The summed E-state index contributed by atoms with van der Waals surface area (Å²) < 4.78 is 85.7. The Kier molecular flexibility index (Phi) is 7.33. The molecule has 0 amide bonds. The van der Waals surface area contributed by atoms with Crippen molar-refractivity contribution < 1.29 is 40.6 Å². The summed E-state index contributed by atoms with van der Waals surface area (Å²) in [6.07, 6.45) is -4.13. The first-order valence-corrected chi connectivity index (χ1v) is 13.3. The van der Waals surface area contributed by atoms with E-state index in [0.717, 1.165) is 23.1 Å². The van der Waals surface area contributed by atoms with Gasteiger partial charge in [0.05, 0.1) is 24.3 Å². The Bertz CT molecular complexity index is 1400. The molecular formula is C23H21F4N3O5S2. The van der Waals surface area contributed by atoms with Crippen LogP contribution >= 0.6 is 11.3 Å². The van der Waals surface area contributed by atoms with Crippen molar-refractivity contribution in [1.29, 1.82) is 0 Å². The lowest BCUT2D eigenvalue weighted by molar-refractivity contribution is -0.179. The van der Waals surface area contributed by atoms with E-state index in [1.165, 1.54) is 12.5 Å². The van der Waals surface area contributed by atoms with Crippen LogP contribution in [0.3, 0.4) is 0 Å². The van der Waals surface area contributed by atoms with E-state index in [4.69, 9.17) is 9.84 Å². The molecule has 0 unspecified atom stereocenters. The van der Waals surface area contributed by atoms with Crippen molar-refractivity contribution in [2.45, 2.75) is 24.0 Å². The lowest BCUT2D eigenvalue weighted by Gasteiger charge is -2.34. The van der Waals surface area contributed by atoms with Crippen LogP contribution < -0.4 is 14.4 Å². The van der Waals surface area contributed by atoms with Gasteiger partial charge in [-0.05, 0) is 43.2 Å². The van der Waals surface area contributed by atoms with E-state index in [9.17, 15) is 30.8 Å². The van der Waals surface area contributed by atoms with E-state index in [0.29, 0.717) is 16.6 Å². The number of aromatic nitrogens is 1. The minimum atomic E-state index is -4.27. The maximum absolute atomic E-state index is 14.1. The van der Waals surface area contributed by atoms with Gasteiger partial charge in [0.25, 0.3) is 10.0 Å². The summed E-state index contributed by atoms with van der Waals surface area (Å²) in [5.74, 6) is -4.16. The monoisotopic (exact) mass is 559 g/mol. The highest BCUT2D eigenvalue weighted by molar-refractivity contribution is 7.92. The molecule has 0 radical (unpaired) electrons. The Morgan fingerprint density at radius 3 is 2.41 bits per heavy atom. The number of anilines is 2. The number of carboxylic acid groups (broad SMARTS) is 1. The average molecular weight is 560 g/mol. The van der Waals surface area contributed by atoms with Gasteiger partial charge in [0.15, 0.2) is 5.03 Å². The highest BCUT2D eigenvalue weighted by Crippen LogP contribution is 2.36. The lowest BCUT2D eigenvalue weighted by Crippen LogP contribution is -2.38. The number of nitrogens with zero attached hydrogens (tertiary/aromatic N) is 2. The topological polar surface area (TPSA) is 109 Å². The number of hydrogen-bond donors (Lipinski definition) is 2. The predicted octanol–water partition coefficient (Wildman–Crippen LogP) is 5.24. The zero-order valence-electron chi connectivity index (χ0n) is 19.3. The van der Waals surface area contributed by atoms with Gasteiger partial charge in [0, 0.05) is 35.8 Å². The van der Waals surface area contributed by atoms with Crippen molar-refractivity contribution >= 4 is 38.7 Å². The van der Waals surface area contributed by atoms with Gasteiger partial charge in [-0.2, -0.15) is 21.6 Å². The summed E-state index contributed by atoms with van der Waals surface area (Å²) in [5.41, 5.74) is 0.395. The quantitative estimate of drug-likeness (QED) is 0.382. The van der Waals surface area contributed by atoms with Gasteiger partial charge >= 0.3 is 12.1 Å². The molecule has 37 heavy (non-hydrogen) atoms. The molecular weight excluding hydrogens is 538 g/mol. The molecule has 0 spiro atoms. The summed E-state index contributed by atoms with van der Waals surface area (Å²) in [4.78, 5) is 17.1. The van der Waals surface area contributed by atoms with Crippen molar-refractivity contribution in [3.8, 4) is 16.3 Å². The molecule has 0 atom stereocenters. The van der Waals surface area contributed by atoms with Crippen LogP contribution in [0, 0.1) is 11.7 Å². The van der Waals surface area contributed by atoms with Gasteiger partial charge in [-0.1, -0.05) is 0 Å². The number of carbonyl (C=O) groups is 1. The molecule has 1 fully saturated rings. The molecule has 1 aliphatic rings. The van der Waals surface area contributed by atoms with E-state index in [1.54, 1.807) is 24.3 Å². The molecule has 3 aromatic rings. The predicted molar refractivity (Wildman–Crippen MR) is 129 cm³/mol. The van der Waals surface area contributed by atoms with Gasteiger partial charge in [-0.25, -0.2) is 14.2 Å². The minimum absolute atomic E-state index is 0.0275. The van der Waals surface area contributed by atoms with Gasteiger partial charge in [-0.3, -0.25) is 4.72 Å². The highest BCUT2D eigenvalue weighted by Gasteiger charge is 2.41. The molecule has 198 valence electrons. The zero-order chi connectivity index (χ0) is 27.0. The molecule has 0 aliphatic carbocycles. The first kappa shape index (κ1) is 26.7. The first-order chi connectivity index (χ1) is 17.4. The Labute approximate surface area is 213 Å². The Morgan fingerprint density at radius 1 is 1.19 bits per heavy atom.